The minimum atomic E-state index is 0.417. The molecule has 5 nitrogen and oxygen atoms in total. The number of nitrogens with one attached hydrogen (secondary N) is 1. The quantitative estimate of drug-likeness (QED) is 0.766. The molecule has 0 unspecified atom stereocenters. The van der Waals surface area contributed by atoms with Crippen molar-refractivity contribution >= 4 is 21.7 Å². The summed E-state index contributed by atoms with van der Waals surface area (Å²) in [6.07, 6.45) is 0. The molecule has 0 fully saturated rings. The van der Waals surface area contributed by atoms with Crippen LogP contribution in [0.25, 0.3) is 22.6 Å². The molecular formula is C14H12BrN3O2. The molecule has 0 atom stereocenters. The first-order valence-corrected chi connectivity index (χ1v) is 6.72. The molecule has 3 aromatic rings. The van der Waals surface area contributed by atoms with Crippen molar-refractivity contribution in [2.75, 3.05) is 12.8 Å². The molecule has 0 aliphatic carbocycles. The summed E-state index contributed by atoms with van der Waals surface area (Å²) in [4.78, 5) is 0. The van der Waals surface area contributed by atoms with Crippen LogP contribution in [0.4, 0.5) is 5.82 Å². The molecule has 0 radical (unpaired) electrons. The van der Waals surface area contributed by atoms with Crippen LogP contribution in [0.3, 0.4) is 0 Å². The molecule has 20 heavy (non-hydrogen) atoms. The van der Waals surface area contributed by atoms with Gasteiger partial charge in [-0.15, -0.1) is 0 Å². The van der Waals surface area contributed by atoms with E-state index in [9.17, 15) is 0 Å². The Labute approximate surface area is 123 Å². The molecule has 2 aromatic heterocycles. The highest BCUT2D eigenvalue weighted by molar-refractivity contribution is 9.10. The van der Waals surface area contributed by atoms with Crippen LogP contribution in [0.5, 0.6) is 5.75 Å². The molecule has 0 aliphatic rings. The average Bonchev–Trinajstić information content (AvgIpc) is 3.05. The van der Waals surface area contributed by atoms with Gasteiger partial charge in [-0.3, -0.25) is 5.10 Å². The van der Waals surface area contributed by atoms with Crippen LogP contribution in [0.15, 0.2) is 45.5 Å². The third-order valence-corrected chi connectivity index (χ3v) is 3.40. The average molecular weight is 334 g/mol. The molecule has 0 spiro atoms. The second kappa shape index (κ2) is 5.05. The maximum Gasteiger partial charge on any atom is 0.169 e. The Morgan fingerprint density at radius 3 is 2.85 bits per heavy atom. The largest absolute Gasteiger partial charge is 0.497 e. The lowest BCUT2D eigenvalue weighted by molar-refractivity contribution is 0.415. The van der Waals surface area contributed by atoms with Gasteiger partial charge >= 0.3 is 0 Å². The summed E-state index contributed by atoms with van der Waals surface area (Å²) in [7, 11) is 1.63. The second-order valence-electron chi connectivity index (χ2n) is 4.19. The van der Waals surface area contributed by atoms with Gasteiger partial charge in [-0.25, -0.2) is 0 Å². The number of furan rings is 1. The van der Waals surface area contributed by atoms with E-state index < -0.39 is 0 Å². The number of nitrogen functional groups attached to an aromatic ring is 1. The molecule has 0 saturated heterocycles. The zero-order valence-corrected chi connectivity index (χ0v) is 12.3. The van der Waals surface area contributed by atoms with Gasteiger partial charge in [-0.05, 0) is 45.8 Å². The molecule has 3 N–H and O–H groups in total. The normalized spacial score (nSPS) is 10.7. The smallest absolute Gasteiger partial charge is 0.169 e. The number of hydrogen-bond donors (Lipinski definition) is 2. The maximum atomic E-state index is 5.97. The Kier molecular flexibility index (Phi) is 3.23. The Balaban J connectivity index is 2.15. The lowest BCUT2D eigenvalue weighted by Crippen LogP contribution is -1.89. The number of halogens is 1. The molecule has 3 rings (SSSR count). The highest BCUT2D eigenvalue weighted by atomic mass is 79.9. The monoisotopic (exact) mass is 333 g/mol. The Hall–Kier alpha value is -2.21. The predicted octanol–water partition coefficient (Wildman–Crippen LogP) is 3.69. The van der Waals surface area contributed by atoms with Gasteiger partial charge in [0.25, 0.3) is 0 Å². The van der Waals surface area contributed by atoms with Crippen LogP contribution in [0.2, 0.25) is 0 Å². The first-order chi connectivity index (χ1) is 9.69. The van der Waals surface area contributed by atoms with E-state index in [0.29, 0.717) is 16.2 Å². The third-order valence-electron chi connectivity index (χ3n) is 2.97. The zero-order chi connectivity index (χ0) is 14.1. The van der Waals surface area contributed by atoms with Crippen molar-refractivity contribution in [1.82, 2.24) is 10.2 Å². The first-order valence-electron chi connectivity index (χ1n) is 5.93. The fourth-order valence-electron chi connectivity index (χ4n) is 2.05. The summed E-state index contributed by atoms with van der Waals surface area (Å²) in [5.41, 5.74) is 8.42. The number of hydrogen-bond acceptors (Lipinski definition) is 4. The standard InChI is InChI=1S/C14H12BrN3O2/c1-19-9-4-2-3-8(7-9)12-13(17-18-14(12)16)10-5-6-11(15)20-10/h2-7H,1H3,(H3,16,17,18). The van der Waals surface area contributed by atoms with E-state index in [1.165, 1.54) is 0 Å². The number of aromatic nitrogens is 2. The summed E-state index contributed by atoms with van der Waals surface area (Å²) in [6.45, 7) is 0. The van der Waals surface area contributed by atoms with Gasteiger partial charge in [-0.1, -0.05) is 12.1 Å². The van der Waals surface area contributed by atoms with Crippen molar-refractivity contribution in [2.24, 2.45) is 0 Å². The fourth-order valence-corrected chi connectivity index (χ4v) is 2.36. The first kappa shape index (κ1) is 12.8. The van der Waals surface area contributed by atoms with E-state index in [4.69, 9.17) is 14.9 Å². The highest BCUT2D eigenvalue weighted by Crippen LogP contribution is 2.37. The highest BCUT2D eigenvalue weighted by Gasteiger charge is 2.17. The van der Waals surface area contributed by atoms with Gasteiger partial charge in [0.2, 0.25) is 0 Å². The van der Waals surface area contributed by atoms with Crippen LogP contribution in [-0.4, -0.2) is 17.3 Å². The molecule has 0 bridgehead atoms. The van der Waals surface area contributed by atoms with E-state index >= 15 is 0 Å². The van der Waals surface area contributed by atoms with Gasteiger partial charge in [0.1, 0.15) is 11.4 Å². The zero-order valence-electron chi connectivity index (χ0n) is 10.7. The minimum Gasteiger partial charge on any atom is -0.497 e. The van der Waals surface area contributed by atoms with Crippen LogP contribution < -0.4 is 10.5 Å². The van der Waals surface area contributed by atoms with Gasteiger partial charge in [0.15, 0.2) is 16.2 Å². The number of nitrogens with zero attached hydrogens (tertiary/aromatic N) is 1. The van der Waals surface area contributed by atoms with Crippen LogP contribution in [0, 0.1) is 0 Å². The number of methoxy groups -OCH3 is 1. The second-order valence-corrected chi connectivity index (χ2v) is 4.98. The molecule has 0 aliphatic heterocycles. The Morgan fingerprint density at radius 1 is 1.30 bits per heavy atom. The Morgan fingerprint density at radius 2 is 2.15 bits per heavy atom. The number of benzene rings is 1. The summed E-state index contributed by atoms with van der Waals surface area (Å²) >= 11 is 3.29. The topological polar surface area (TPSA) is 77.1 Å². The van der Waals surface area contributed by atoms with Crippen molar-refractivity contribution in [1.29, 1.82) is 0 Å². The SMILES string of the molecule is COc1cccc(-c2c(N)n[nH]c2-c2ccc(Br)o2)c1. The molecule has 6 heteroatoms. The maximum absolute atomic E-state index is 5.97. The fraction of sp³-hybridized carbons (Fsp3) is 0.0714. The third kappa shape index (κ3) is 2.18. The molecule has 0 saturated carbocycles. The number of aromatic amines is 1. The van der Waals surface area contributed by atoms with Crippen molar-refractivity contribution < 1.29 is 9.15 Å². The van der Waals surface area contributed by atoms with E-state index in [2.05, 4.69) is 26.1 Å². The summed E-state index contributed by atoms with van der Waals surface area (Å²) in [6, 6.07) is 11.3. The molecule has 1 aromatic carbocycles. The summed E-state index contributed by atoms with van der Waals surface area (Å²) in [5, 5.41) is 6.98. The molecule has 0 amide bonds. The van der Waals surface area contributed by atoms with Gasteiger partial charge in [-0.2, -0.15) is 5.10 Å². The number of H-pyrrole nitrogens is 1. The van der Waals surface area contributed by atoms with E-state index in [-0.39, 0.29) is 0 Å². The Bertz CT molecular complexity index is 748. The van der Waals surface area contributed by atoms with E-state index in [1.807, 2.05) is 36.4 Å². The predicted molar refractivity (Wildman–Crippen MR) is 80.4 cm³/mol. The summed E-state index contributed by atoms with van der Waals surface area (Å²) < 4.78 is 11.5. The van der Waals surface area contributed by atoms with Gasteiger partial charge < -0.3 is 14.9 Å². The van der Waals surface area contributed by atoms with Gasteiger partial charge in [0, 0.05) is 0 Å². The van der Waals surface area contributed by atoms with E-state index in [1.54, 1.807) is 7.11 Å². The van der Waals surface area contributed by atoms with Crippen LogP contribution in [-0.2, 0) is 0 Å². The van der Waals surface area contributed by atoms with Crippen molar-refractivity contribution in [3.63, 3.8) is 0 Å². The van der Waals surface area contributed by atoms with Crippen molar-refractivity contribution in [3.8, 4) is 28.3 Å². The number of ether oxygens (including phenoxy) is 1. The lowest BCUT2D eigenvalue weighted by Gasteiger charge is -2.05. The molecule has 2 heterocycles. The number of rotatable bonds is 3. The number of nitrogens with two attached hydrogens (primary N) is 1. The van der Waals surface area contributed by atoms with Crippen molar-refractivity contribution in [2.45, 2.75) is 0 Å². The lowest BCUT2D eigenvalue weighted by atomic mass is 10.0. The van der Waals surface area contributed by atoms with Crippen molar-refractivity contribution in [3.05, 3.63) is 41.1 Å². The molecule has 102 valence electrons. The van der Waals surface area contributed by atoms with Crippen LogP contribution in [0.1, 0.15) is 0 Å². The van der Waals surface area contributed by atoms with Crippen LogP contribution >= 0.6 is 15.9 Å². The number of anilines is 1. The minimum absolute atomic E-state index is 0.417. The van der Waals surface area contributed by atoms with Gasteiger partial charge in [0.05, 0.1) is 12.7 Å². The molecular weight excluding hydrogens is 322 g/mol. The van der Waals surface area contributed by atoms with E-state index in [0.717, 1.165) is 22.6 Å². The summed E-state index contributed by atoms with van der Waals surface area (Å²) in [5.74, 6) is 1.84.